The summed E-state index contributed by atoms with van der Waals surface area (Å²) in [5.41, 5.74) is 6.70. The van der Waals surface area contributed by atoms with E-state index in [0.717, 1.165) is 19.3 Å². The van der Waals surface area contributed by atoms with E-state index < -0.39 is 0 Å². The molecular weight excluding hydrogens is 252 g/mol. The molecule has 20 heavy (non-hydrogen) atoms. The van der Waals surface area contributed by atoms with E-state index in [1.165, 1.54) is 17.5 Å². The fourth-order valence-corrected chi connectivity index (χ4v) is 2.34. The van der Waals surface area contributed by atoms with Crippen molar-refractivity contribution in [1.29, 1.82) is 5.41 Å². The highest BCUT2D eigenvalue weighted by molar-refractivity contribution is 6.10. The Morgan fingerprint density at radius 1 is 1.50 bits per heavy atom. The van der Waals surface area contributed by atoms with Gasteiger partial charge in [0.05, 0.1) is 0 Å². The van der Waals surface area contributed by atoms with Crippen molar-refractivity contribution < 1.29 is 4.79 Å². The van der Waals surface area contributed by atoms with Crippen LogP contribution in [-0.4, -0.2) is 41.7 Å². The Morgan fingerprint density at radius 2 is 2.15 bits per heavy atom. The van der Waals surface area contributed by atoms with Gasteiger partial charge in [-0.1, -0.05) is 26.2 Å². The number of amides is 1. The van der Waals surface area contributed by atoms with Crippen LogP contribution >= 0.6 is 0 Å². The van der Waals surface area contributed by atoms with Gasteiger partial charge in [-0.2, -0.15) is 0 Å². The molecule has 5 nitrogen and oxygen atoms in total. The smallest absolute Gasteiger partial charge is 0.270 e. The van der Waals surface area contributed by atoms with Gasteiger partial charge in [-0.05, 0) is 19.4 Å². The number of carbonyl (C=O) groups excluding carboxylic acids is 1. The summed E-state index contributed by atoms with van der Waals surface area (Å²) in [6.07, 6.45) is 7.51. The van der Waals surface area contributed by atoms with Gasteiger partial charge >= 0.3 is 0 Å². The number of unbranched alkanes of at least 4 members (excludes halogenated alkanes) is 2. The first-order valence-electron chi connectivity index (χ1n) is 7.17. The second kappa shape index (κ2) is 7.12. The molecule has 0 saturated heterocycles. The fourth-order valence-electron chi connectivity index (χ4n) is 2.34. The molecule has 0 bridgehead atoms. The first kappa shape index (κ1) is 16.3. The molecule has 1 atom stereocenters. The summed E-state index contributed by atoms with van der Waals surface area (Å²) in [7, 11) is 3.44. The monoisotopic (exact) mass is 278 g/mol. The minimum atomic E-state index is -0.0889. The quantitative estimate of drug-likeness (QED) is 0.730. The molecule has 0 spiro atoms. The van der Waals surface area contributed by atoms with Gasteiger partial charge in [0.1, 0.15) is 11.5 Å². The minimum absolute atomic E-state index is 0.0889. The Kier molecular flexibility index (Phi) is 5.80. The topological polar surface area (TPSA) is 73.4 Å². The number of carbonyl (C=O) groups is 1. The lowest BCUT2D eigenvalue weighted by Crippen LogP contribution is -2.40. The van der Waals surface area contributed by atoms with E-state index in [0.29, 0.717) is 17.1 Å². The van der Waals surface area contributed by atoms with Crippen LogP contribution in [0, 0.1) is 5.41 Å². The van der Waals surface area contributed by atoms with Gasteiger partial charge in [0.15, 0.2) is 0 Å². The van der Waals surface area contributed by atoms with Crippen molar-refractivity contribution in [2.24, 2.45) is 5.73 Å². The van der Waals surface area contributed by atoms with E-state index in [1.807, 2.05) is 0 Å². The van der Waals surface area contributed by atoms with E-state index >= 15 is 0 Å². The van der Waals surface area contributed by atoms with E-state index in [9.17, 15) is 4.79 Å². The Morgan fingerprint density at radius 3 is 2.65 bits per heavy atom. The third kappa shape index (κ3) is 3.40. The predicted octanol–water partition coefficient (Wildman–Crippen LogP) is 2.06. The molecule has 3 N–H and O–H groups in total. The molecule has 0 fully saturated rings. The molecule has 1 aliphatic rings. The average molecular weight is 278 g/mol. The molecule has 0 saturated carbocycles. The summed E-state index contributed by atoms with van der Waals surface area (Å²) in [6, 6.07) is 0.127. The molecule has 1 rings (SSSR count). The predicted molar refractivity (Wildman–Crippen MR) is 82.2 cm³/mol. The van der Waals surface area contributed by atoms with Gasteiger partial charge in [-0.25, -0.2) is 0 Å². The van der Waals surface area contributed by atoms with Gasteiger partial charge in [-0.3, -0.25) is 10.2 Å². The zero-order chi connectivity index (χ0) is 15.3. The summed E-state index contributed by atoms with van der Waals surface area (Å²) in [6.45, 7) is 4.22. The third-order valence-electron chi connectivity index (χ3n) is 3.54. The van der Waals surface area contributed by atoms with Crippen molar-refractivity contribution >= 4 is 11.7 Å². The Bertz CT molecular complexity index is 437. The molecular formula is C15H26N4O. The van der Waals surface area contributed by atoms with E-state index in [1.54, 1.807) is 25.1 Å². The summed E-state index contributed by atoms with van der Waals surface area (Å²) in [5, 5.41) is 8.19. The molecule has 0 aromatic carbocycles. The Hall–Kier alpha value is -1.78. The summed E-state index contributed by atoms with van der Waals surface area (Å²) >= 11 is 0. The molecule has 1 aliphatic heterocycles. The van der Waals surface area contributed by atoms with Crippen LogP contribution in [0.2, 0.25) is 0 Å². The highest BCUT2D eigenvalue weighted by Gasteiger charge is 2.33. The molecule has 0 aliphatic carbocycles. The van der Waals surface area contributed by atoms with Crippen molar-refractivity contribution in [2.75, 3.05) is 14.1 Å². The number of nitrogens with one attached hydrogen (secondary N) is 1. The van der Waals surface area contributed by atoms with E-state index in [-0.39, 0.29) is 11.9 Å². The fraction of sp³-hybridized carbons (Fsp3) is 0.600. The first-order valence-corrected chi connectivity index (χ1v) is 7.17. The van der Waals surface area contributed by atoms with Crippen molar-refractivity contribution in [2.45, 2.75) is 45.6 Å². The summed E-state index contributed by atoms with van der Waals surface area (Å²) in [4.78, 5) is 15.6. The molecule has 5 heteroatoms. The Balaban J connectivity index is 2.93. The third-order valence-corrected chi connectivity index (χ3v) is 3.54. The van der Waals surface area contributed by atoms with Crippen LogP contribution in [0.4, 0.5) is 0 Å². The number of nitrogens with two attached hydrogens (primary N) is 1. The lowest BCUT2D eigenvalue weighted by molar-refractivity contribution is -0.126. The van der Waals surface area contributed by atoms with Gasteiger partial charge < -0.3 is 15.5 Å². The number of amidine groups is 1. The standard InChI is InChI=1S/C15H26N4O/c1-5-6-7-8-11(2)19-13(15(20)18(3)4)9-12(10-16)14(19)17/h9-11,17H,5-8,16H2,1-4H3/b12-10-,17-14?. The van der Waals surface area contributed by atoms with Crippen molar-refractivity contribution in [3.8, 4) is 0 Å². The molecule has 1 amide bonds. The van der Waals surface area contributed by atoms with Crippen LogP contribution in [-0.2, 0) is 4.79 Å². The maximum absolute atomic E-state index is 12.2. The highest BCUT2D eigenvalue weighted by Crippen LogP contribution is 2.27. The second-order valence-corrected chi connectivity index (χ2v) is 5.41. The van der Waals surface area contributed by atoms with Gasteiger partial charge in [-0.15, -0.1) is 0 Å². The number of nitrogens with zero attached hydrogens (tertiary/aromatic N) is 2. The zero-order valence-corrected chi connectivity index (χ0v) is 12.9. The largest absolute Gasteiger partial charge is 0.404 e. The SMILES string of the molecule is CCCCCC(C)N1C(=N)/C(=C\N)C=C1C(=O)N(C)C. The van der Waals surface area contributed by atoms with Crippen LogP contribution in [0.5, 0.6) is 0 Å². The van der Waals surface area contributed by atoms with Crippen molar-refractivity contribution in [1.82, 2.24) is 9.80 Å². The highest BCUT2D eigenvalue weighted by atomic mass is 16.2. The Labute approximate surface area is 121 Å². The van der Waals surface area contributed by atoms with Gasteiger partial charge in [0.25, 0.3) is 5.91 Å². The molecule has 0 aromatic rings. The zero-order valence-electron chi connectivity index (χ0n) is 12.9. The maximum Gasteiger partial charge on any atom is 0.270 e. The second-order valence-electron chi connectivity index (χ2n) is 5.41. The van der Waals surface area contributed by atoms with Crippen LogP contribution in [0.15, 0.2) is 23.5 Å². The molecule has 1 heterocycles. The van der Waals surface area contributed by atoms with E-state index in [4.69, 9.17) is 11.1 Å². The lowest BCUT2D eigenvalue weighted by Gasteiger charge is -2.29. The normalized spacial score (nSPS) is 18.4. The van der Waals surface area contributed by atoms with Crippen LogP contribution < -0.4 is 5.73 Å². The van der Waals surface area contributed by atoms with Crippen LogP contribution in [0.25, 0.3) is 0 Å². The van der Waals surface area contributed by atoms with E-state index in [2.05, 4.69) is 13.8 Å². The van der Waals surface area contributed by atoms with Crippen molar-refractivity contribution in [3.63, 3.8) is 0 Å². The number of likely N-dealkylation sites (N-methyl/N-ethyl adjacent to an activating group) is 1. The number of rotatable bonds is 6. The maximum atomic E-state index is 12.2. The van der Waals surface area contributed by atoms with Gasteiger partial charge in [0.2, 0.25) is 0 Å². The van der Waals surface area contributed by atoms with Crippen LogP contribution in [0.1, 0.15) is 39.5 Å². The molecule has 1 unspecified atom stereocenters. The number of hydrogen-bond donors (Lipinski definition) is 2. The minimum Gasteiger partial charge on any atom is -0.404 e. The van der Waals surface area contributed by atoms with Crippen LogP contribution in [0.3, 0.4) is 0 Å². The summed E-state index contributed by atoms with van der Waals surface area (Å²) in [5.74, 6) is 0.232. The number of hydrogen-bond acceptors (Lipinski definition) is 3. The molecule has 0 radical (unpaired) electrons. The van der Waals surface area contributed by atoms with Gasteiger partial charge in [0, 0.05) is 31.9 Å². The lowest BCUT2D eigenvalue weighted by atomic mass is 10.1. The van der Waals surface area contributed by atoms with Crippen molar-refractivity contribution in [3.05, 3.63) is 23.5 Å². The average Bonchev–Trinajstić information content (AvgIpc) is 2.74. The molecule has 0 aromatic heterocycles. The first-order chi connectivity index (χ1) is 9.43. The molecule has 112 valence electrons. The summed E-state index contributed by atoms with van der Waals surface area (Å²) < 4.78 is 0.